The third kappa shape index (κ3) is 4.04. The standard InChI is InChI=1S/C17H19N3O/c1-2-16(19)17(14-8-11-20-12-9-14)21-15-5-3-13(4-6-15)7-10-18/h3-6,8-9,11-12,16-17H,2,7,19H2,1H3. The second-order valence-corrected chi connectivity index (χ2v) is 4.87. The quantitative estimate of drug-likeness (QED) is 0.883. The largest absolute Gasteiger partial charge is 0.484 e. The first-order valence-corrected chi connectivity index (χ1v) is 7.02. The van der Waals surface area contributed by atoms with Crippen molar-refractivity contribution in [2.24, 2.45) is 5.73 Å². The van der Waals surface area contributed by atoms with Crippen molar-refractivity contribution in [1.82, 2.24) is 4.98 Å². The summed E-state index contributed by atoms with van der Waals surface area (Å²) in [7, 11) is 0. The summed E-state index contributed by atoms with van der Waals surface area (Å²) in [5.74, 6) is 0.752. The molecule has 0 spiro atoms. The minimum Gasteiger partial charge on any atom is -0.484 e. The normalized spacial score (nSPS) is 13.2. The molecule has 2 N–H and O–H groups in total. The van der Waals surface area contributed by atoms with Crippen molar-refractivity contribution in [3.05, 3.63) is 59.9 Å². The molecule has 2 aromatic rings. The van der Waals surface area contributed by atoms with Gasteiger partial charge in [-0.05, 0) is 41.8 Å². The molecule has 2 unspecified atom stereocenters. The zero-order valence-electron chi connectivity index (χ0n) is 12.1. The molecule has 108 valence electrons. The highest BCUT2D eigenvalue weighted by molar-refractivity contribution is 5.30. The number of hydrogen-bond acceptors (Lipinski definition) is 4. The Hall–Kier alpha value is -2.38. The molecule has 2 atom stereocenters. The van der Waals surface area contributed by atoms with Crippen LogP contribution in [0, 0.1) is 11.3 Å². The van der Waals surface area contributed by atoms with E-state index in [4.69, 9.17) is 15.7 Å². The van der Waals surface area contributed by atoms with Crippen LogP contribution in [-0.2, 0) is 6.42 Å². The van der Waals surface area contributed by atoms with Crippen LogP contribution in [-0.4, -0.2) is 11.0 Å². The molecule has 0 saturated carbocycles. The lowest BCUT2D eigenvalue weighted by Gasteiger charge is -2.24. The number of nitrogens with zero attached hydrogens (tertiary/aromatic N) is 2. The summed E-state index contributed by atoms with van der Waals surface area (Å²) >= 11 is 0. The molecule has 1 aromatic carbocycles. The zero-order valence-corrected chi connectivity index (χ0v) is 12.1. The fourth-order valence-corrected chi connectivity index (χ4v) is 2.09. The van der Waals surface area contributed by atoms with Gasteiger partial charge in [-0.25, -0.2) is 0 Å². The number of pyridine rings is 1. The van der Waals surface area contributed by atoms with Gasteiger partial charge in [0.25, 0.3) is 0 Å². The maximum absolute atomic E-state index is 8.68. The molecule has 0 radical (unpaired) electrons. The van der Waals surface area contributed by atoms with Gasteiger partial charge < -0.3 is 10.5 Å². The van der Waals surface area contributed by atoms with Gasteiger partial charge in [-0.2, -0.15) is 5.26 Å². The SMILES string of the molecule is CCC(N)C(Oc1ccc(CC#N)cc1)c1ccncc1. The van der Waals surface area contributed by atoms with Gasteiger partial charge in [0.2, 0.25) is 0 Å². The summed E-state index contributed by atoms with van der Waals surface area (Å²) in [4.78, 5) is 4.03. The highest BCUT2D eigenvalue weighted by Gasteiger charge is 2.20. The van der Waals surface area contributed by atoms with Gasteiger partial charge in [0.05, 0.1) is 12.5 Å². The fourth-order valence-electron chi connectivity index (χ4n) is 2.09. The van der Waals surface area contributed by atoms with E-state index < -0.39 is 0 Å². The molecule has 2 rings (SSSR count). The van der Waals surface area contributed by atoms with Crippen LogP contribution in [0.2, 0.25) is 0 Å². The molecule has 1 heterocycles. The minimum absolute atomic E-state index is 0.0915. The lowest BCUT2D eigenvalue weighted by atomic mass is 10.0. The number of nitriles is 1. The number of rotatable bonds is 6. The van der Waals surface area contributed by atoms with Gasteiger partial charge in [-0.15, -0.1) is 0 Å². The van der Waals surface area contributed by atoms with Crippen LogP contribution in [0.4, 0.5) is 0 Å². The van der Waals surface area contributed by atoms with Gasteiger partial charge in [-0.3, -0.25) is 4.98 Å². The van der Waals surface area contributed by atoms with Crippen LogP contribution in [0.1, 0.15) is 30.6 Å². The van der Waals surface area contributed by atoms with E-state index in [-0.39, 0.29) is 12.1 Å². The van der Waals surface area contributed by atoms with Gasteiger partial charge in [0.15, 0.2) is 0 Å². The third-order valence-electron chi connectivity index (χ3n) is 3.36. The monoisotopic (exact) mass is 281 g/mol. The molecule has 0 aliphatic carbocycles. The molecule has 0 aliphatic heterocycles. The van der Waals surface area contributed by atoms with Crippen molar-refractivity contribution < 1.29 is 4.74 Å². The van der Waals surface area contributed by atoms with Crippen molar-refractivity contribution in [1.29, 1.82) is 5.26 Å². The highest BCUT2D eigenvalue weighted by Crippen LogP contribution is 2.25. The molecule has 0 aliphatic rings. The van der Waals surface area contributed by atoms with Crippen LogP contribution in [0.5, 0.6) is 5.75 Å². The Morgan fingerprint density at radius 2 is 1.86 bits per heavy atom. The molecule has 1 aromatic heterocycles. The topological polar surface area (TPSA) is 71.9 Å². The Morgan fingerprint density at radius 1 is 1.19 bits per heavy atom. The van der Waals surface area contributed by atoms with Gasteiger partial charge in [0.1, 0.15) is 11.9 Å². The second kappa shape index (κ2) is 7.41. The van der Waals surface area contributed by atoms with Crippen LogP contribution in [0.25, 0.3) is 0 Å². The predicted molar refractivity (Wildman–Crippen MR) is 81.6 cm³/mol. The molecule has 0 bridgehead atoms. The van der Waals surface area contributed by atoms with Crippen molar-refractivity contribution >= 4 is 0 Å². The summed E-state index contributed by atoms with van der Waals surface area (Å²) in [5.41, 5.74) is 8.18. The number of hydrogen-bond donors (Lipinski definition) is 1. The molecule has 0 fully saturated rings. The summed E-state index contributed by atoms with van der Waals surface area (Å²) in [5, 5.41) is 8.68. The number of ether oxygens (including phenoxy) is 1. The van der Waals surface area contributed by atoms with E-state index in [0.29, 0.717) is 6.42 Å². The Morgan fingerprint density at radius 3 is 2.43 bits per heavy atom. The summed E-state index contributed by atoms with van der Waals surface area (Å²) in [6.45, 7) is 2.04. The van der Waals surface area contributed by atoms with E-state index >= 15 is 0 Å². The van der Waals surface area contributed by atoms with Gasteiger partial charge in [-0.1, -0.05) is 19.1 Å². The van der Waals surface area contributed by atoms with E-state index in [9.17, 15) is 0 Å². The molecule has 21 heavy (non-hydrogen) atoms. The Labute approximate surface area is 125 Å². The van der Waals surface area contributed by atoms with Crippen molar-refractivity contribution in [3.8, 4) is 11.8 Å². The zero-order chi connectivity index (χ0) is 15.1. The van der Waals surface area contributed by atoms with E-state index in [0.717, 1.165) is 23.3 Å². The van der Waals surface area contributed by atoms with Crippen molar-refractivity contribution in [2.75, 3.05) is 0 Å². The average molecular weight is 281 g/mol. The number of aromatic nitrogens is 1. The Bertz CT molecular complexity index is 590. The number of benzene rings is 1. The maximum Gasteiger partial charge on any atom is 0.139 e. The third-order valence-corrected chi connectivity index (χ3v) is 3.36. The fraction of sp³-hybridized carbons (Fsp3) is 0.294. The molecule has 0 saturated heterocycles. The van der Waals surface area contributed by atoms with Crippen LogP contribution >= 0.6 is 0 Å². The highest BCUT2D eigenvalue weighted by atomic mass is 16.5. The van der Waals surface area contributed by atoms with E-state index in [1.165, 1.54) is 0 Å². The van der Waals surface area contributed by atoms with E-state index in [1.54, 1.807) is 12.4 Å². The van der Waals surface area contributed by atoms with Crippen molar-refractivity contribution in [3.63, 3.8) is 0 Å². The summed E-state index contributed by atoms with van der Waals surface area (Å²) in [6, 6.07) is 13.4. The molecular weight excluding hydrogens is 262 g/mol. The molecule has 0 amide bonds. The lowest BCUT2D eigenvalue weighted by Crippen LogP contribution is -2.31. The Balaban J connectivity index is 2.17. The minimum atomic E-state index is -0.209. The summed E-state index contributed by atoms with van der Waals surface area (Å²) < 4.78 is 6.05. The smallest absolute Gasteiger partial charge is 0.139 e. The van der Waals surface area contributed by atoms with Gasteiger partial charge >= 0.3 is 0 Å². The predicted octanol–water partition coefficient (Wildman–Crippen LogP) is 3.01. The first-order chi connectivity index (χ1) is 10.2. The maximum atomic E-state index is 8.68. The van der Waals surface area contributed by atoms with Crippen LogP contribution in [0.3, 0.4) is 0 Å². The first-order valence-electron chi connectivity index (χ1n) is 7.02. The average Bonchev–Trinajstić information content (AvgIpc) is 2.54. The molecule has 4 nitrogen and oxygen atoms in total. The Kier molecular flexibility index (Phi) is 5.30. The molecule has 4 heteroatoms. The van der Waals surface area contributed by atoms with E-state index in [2.05, 4.69) is 11.1 Å². The van der Waals surface area contributed by atoms with Crippen molar-refractivity contribution in [2.45, 2.75) is 31.9 Å². The van der Waals surface area contributed by atoms with E-state index in [1.807, 2.05) is 43.3 Å². The second-order valence-electron chi connectivity index (χ2n) is 4.87. The first kappa shape index (κ1) is 15.0. The summed E-state index contributed by atoms with van der Waals surface area (Å²) in [6.07, 6.45) is 4.50. The molecular formula is C17H19N3O. The lowest BCUT2D eigenvalue weighted by molar-refractivity contribution is 0.171. The number of nitrogens with two attached hydrogens (primary N) is 1. The van der Waals surface area contributed by atoms with Crippen LogP contribution < -0.4 is 10.5 Å². The van der Waals surface area contributed by atoms with Gasteiger partial charge in [0, 0.05) is 18.4 Å². The van der Waals surface area contributed by atoms with Crippen LogP contribution in [0.15, 0.2) is 48.8 Å².